The maximum atomic E-state index is 11.8. The lowest BCUT2D eigenvalue weighted by Crippen LogP contribution is -2.14. The molecule has 0 bridgehead atoms. The molecular formula is C20H20N4O3S. The summed E-state index contributed by atoms with van der Waals surface area (Å²) in [5, 5.41) is 0. The van der Waals surface area contributed by atoms with Crippen molar-refractivity contribution in [2.75, 3.05) is 10.5 Å². The van der Waals surface area contributed by atoms with Crippen LogP contribution in [0.25, 0.3) is 22.2 Å². The first kappa shape index (κ1) is 18.4. The van der Waals surface area contributed by atoms with E-state index in [1.165, 1.54) is 11.8 Å². The standard InChI is InChI=1S/C20H20N4O3S/c1-4-28(25,26)24-16-8-15(10-21-11-16)14-5-6-17-19(9-14)27-20(23-17)18-7-12(2)13(3)22-18/h5-6,8-11,24H,4,7H2,1-3H3. The van der Waals surface area contributed by atoms with E-state index in [2.05, 4.69) is 26.6 Å². The fraction of sp³-hybridized carbons (Fsp3) is 0.250. The molecule has 0 unspecified atom stereocenters. The Morgan fingerprint density at radius 2 is 1.96 bits per heavy atom. The van der Waals surface area contributed by atoms with Crippen LogP contribution in [-0.4, -0.2) is 29.9 Å². The normalized spacial score (nSPS) is 14.6. The van der Waals surface area contributed by atoms with Crippen LogP contribution in [0, 0.1) is 0 Å². The summed E-state index contributed by atoms with van der Waals surface area (Å²) in [6, 6.07) is 7.41. The topological polar surface area (TPSA) is 97.5 Å². The van der Waals surface area contributed by atoms with Crippen molar-refractivity contribution in [3.8, 4) is 11.1 Å². The molecule has 2 aromatic heterocycles. The Balaban J connectivity index is 1.66. The number of aromatic nitrogens is 2. The zero-order valence-electron chi connectivity index (χ0n) is 15.9. The van der Waals surface area contributed by atoms with Crippen LogP contribution in [0.4, 0.5) is 5.69 Å². The zero-order valence-corrected chi connectivity index (χ0v) is 16.7. The maximum Gasteiger partial charge on any atom is 0.242 e. The van der Waals surface area contributed by atoms with Gasteiger partial charge in [0.05, 0.1) is 17.6 Å². The van der Waals surface area contributed by atoms with Crippen molar-refractivity contribution in [3.63, 3.8) is 0 Å². The van der Waals surface area contributed by atoms with Crippen LogP contribution in [0.1, 0.15) is 33.1 Å². The van der Waals surface area contributed by atoms with E-state index in [0.29, 0.717) is 17.2 Å². The molecule has 0 atom stereocenters. The summed E-state index contributed by atoms with van der Waals surface area (Å²) in [5.74, 6) is 0.535. The lowest BCUT2D eigenvalue weighted by Gasteiger charge is -2.07. The van der Waals surface area contributed by atoms with Gasteiger partial charge in [0.15, 0.2) is 5.58 Å². The number of fused-ring (bicyclic) bond motifs is 1. The summed E-state index contributed by atoms with van der Waals surface area (Å²) >= 11 is 0. The van der Waals surface area contributed by atoms with Crippen molar-refractivity contribution in [2.24, 2.45) is 4.99 Å². The fourth-order valence-electron chi connectivity index (χ4n) is 2.97. The van der Waals surface area contributed by atoms with Crippen LogP contribution >= 0.6 is 0 Å². The van der Waals surface area contributed by atoms with Gasteiger partial charge in [-0.05, 0) is 50.1 Å². The van der Waals surface area contributed by atoms with E-state index in [0.717, 1.165) is 34.5 Å². The molecule has 0 radical (unpaired) electrons. The quantitative estimate of drug-likeness (QED) is 0.699. The minimum atomic E-state index is -3.36. The van der Waals surface area contributed by atoms with E-state index in [9.17, 15) is 8.42 Å². The minimum Gasteiger partial charge on any atom is -0.435 e. The van der Waals surface area contributed by atoms with E-state index in [1.807, 2.05) is 25.1 Å². The van der Waals surface area contributed by atoms with Crippen molar-refractivity contribution in [1.29, 1.82) is 0 Å². The third-order valence-corrected chi connectivity index (χ3v) is 6.02. The number of oxazole rings is 1. The highest BCUT2D eigenvalue weighted by atomic mass is 32.2. The summed E-state index contributed by atoms with van der Waals surface area (Å²) < 4.78 is 32.0. The molecule has 8 heteroatoms. The van der Waals surface area contributed by atoms with Crippen LogP contribution in [0.15, 0.2) is 57.3 Å². The number of rotatable bonds is 5. The molecule has 28 heavy (non-hydrogen) atoms. The molecule has 0 saturated carbocycles. The predicted molar refractivity (Wildman–Crippen MR) is 110 cm³/mol. The van der Waals surface area contributed by atoms with Crippen LogP contribution in [-0.2, 0) is 10.0 Å². The minimum absolute atomic E-state index is 0.00171. The van der Waals surface area contributed by atoms with Gasteiger partial charge in [-0.25, -0.2) is 13.4 Å². The van der Waals surface area contributed by atoms with Crippen molar-refractivity contribution >= 4 is 32.5 Å². The second-order valence-corrected chi connectivity index (χ2v) is 8.78. The highest BCUT2D eigenvalue weighted by Gasteiger charge is 2.19. The number of nitrogens with one attached hydrogen (secondary N) is 1. The predicted octanol–water partition coefficient (Wildman–Crippen LogP) is 4.14. The molecule has 3 aromatic rings. The molecule has 1 aliphatic rings. The van der Waals surface area contributed by atoms with Crippen molar-refractivity contribution in [3.05, 3.63) is 53.8 Å². The van der Waals surface area contributed by atoms with E-state index < -0.39 is 10.0 Å². The highest BCUT2D eigenvalue weighted by molar-refractivity contribution is 7.92. The van der Waals surface area contributed by atoms with Gasteiger partial charge in [-0.2, -0.15) is 0 Å². The fourth-order valence-corrected chi connectivity index (χ4v) is 3.59. The number of nitrogens with zero attached hydrogens (tertiary/aromatic N) is 3. The number of benzene rings is 1. The van der Waals surface area contributed by atoms with Crippen LogP contribution in [0.3, 0.4) is 0 Å². The number of hydrogen-bond donors (Lipinski definition) is 1. The van der Waals surface area contributed by atoms with E-state index >= 15 is 0 Å². The van der Waals surface area contributed by atoms with Crippen molar-refractivity contribution in [2.45, 2.75) is 27.2 Å². The number of anilines is 1. The number of pyridine rings is 1. The summed E-state index contributed by atoms with van der Waals surface area (Å²) in [4.78, 5) is 13.2. The summed E-state index contributed by atoms with van der Waals surface area (Å²) in [6.45, 7) is 5.62. The van der Waals surface area contributed by atoms with Gasteiger partial charge in [0.1, 0.15) is 11.2 Å². The van der Waals surface area contributed by atoms with Gasteiger partial charge in [-0.3, -0.25) is 14.7 Å². The number of allylic oxidation sites excluding steroid dienone is 2. The zero-order chi connectivity index (χ0) is 19.9. The molecule has 144 valence electrons. The molecule has 1 aromatic carbocycles. The summed E-state index contributed by atoms with van der Waals surface area (Å²) in [6.07, 6.45) is 3.91. The smallest absolute Gasteiger partial charge is 0.242 e. The molecule has 0 fully saturated rings. The Labute approximate surface area is 163 Å². The second kappa shape index (κ2) is 6.87. The van der Waals surface area contributed by atoms with Gasteiger partial charge >= 0.3 is 0 Å². The Kier molecular flexibility index (Phi) is 4.50. The monoisotopic (exact) mass is 396 g/mol. The Hall–Kier alpha value is -3.00. The first-order chi connectivity index (χ1) is 13.3. The Morgan fingerprint density at radius 3 is 2.68 bits per heavy atom. The lowest BCUT2D eigenvalue weighted by molar-refractivity contribution is 0.589. The molecule has 0 saturated heterocycles. The number of hydrogen-bond acceptors (Lipinski definition) is 6. The SMILES string of the molecule is CCS(=O)(=O)Nc1cncc(-c2ccc3nc(C4=NC(C)=C(C)C4)oc3c2)c1. The lowest BCUT2D eigenvalue weighted by atomic mass is 10.1. The van der Waals surface area contributed by atoms with Crippen LogP contribution in [0.2, 0.25) is 0 Å². The molecule has 0 spiro atoms. The van der Waals surface area contributed by atoms with Gasteiger partial charge in [0, 0.05) is 23.9 Å². The van der Waals surface area contributed by atoms with Gasteiger partial charge in [0.2, 0.25) is 15.9 Å². The second-order valence-electron chi connectivity index (χ2n) is 6.77. The first-order valence-electron chi connectivity index (χ1n) is 8.95. The molecule has 4 rings (SSSR count). The molecule has 1 N–H and O–H groups in total. The van der Waals surface area contributed by atoms with Crippen LogP contribution in [0.5, 0.6) is 0 Å². The molecule has 0 aliphatic carbocycles. The van der Waals surface area contributed by atoms with Crippen LogP contribution < -0.4 is 4.72 Å². The molecule has 3 heterocycles. The average molecular weight is 396 g/mol. The third kappa shape index (κ3) is 3.55. The molecule has 7 nitrogen and oxygen atoms in total. The summed E-state index contributed by atoms with van der Waals surface area (Å²) in [7, 11) is -3.36. The summed E-state index contributed by atoms with van der Waals surface area (Å²) in [5.41, 5.74) is 6.53. The van der Waals surface area contributed by atoms with Gasteiger partial charge in [-0.1, -0.05) is 6.07 Å². The largest absolute Gasteiger partial charge is 0.435 e. The maximum absolute atomic E-state index is 11.8. The third-order valence-electron chi connectivity index (χ3n) is 4.71. The van der Waals surface area contributed by atoms with E-state index in [4.69, 9.17) is 4.42 Å². The van der Waals surface area contributed by atoms with E-state index in [1.54, 1.807) is 19.2 Å². The van der Waals surface area contributed by atoms with Crippen molar-refractivity contribution in [1.82, 2.24) is 9.97 Å². The van der Waals surface area contributed by atoms with Gasteiger partial charge in [0.25, 0.3) is 0 Å². The van der Waals surface area contributed by atoms with E-state index in [-0.39, 0.29) is 5.75 Å². The highest BCUT2D eigenvalue weighted by Crippen LogP contribution is 2.28. The van der Waals surface area contributed by atoms with Gasteiger partial charge < -0.3 is 4.42 Å². The molecule has 1 aliphatic heterocycles. The molecular weight excluding hydrogens is 376 g/mol. The van der Waals surface area contributed by atoms with Gasteiger partial charge in [-0.15, -0.1) is 0 Å². The Morgan fingerprint density at radius 1 is 1.14 bits per heavy atom. The first-order valence-corrected chi connectivity index (χ1v) is 10.6. The van der Waals surface area contributed by atoms with Crippen molar-refractivity contribution < 1.29 is 12.8 Å². The molecule has 0 amide bonds. The number of aliphatic imine (C=N–C) groups is 1. The Bertz CT molecular complexity index is 1240. The number of sulfonamides is 1. The average Bonchev–Trinajstić information content (AvgIpc) is 3.24.